The van der Waals surface area contributed by atoms with Gasteiger partial charge in [-0.1, -0.05) is 6.08 Å². The van der Waals surface area contributed by atoms with Crippen LogP contribution in [0.25, 0.3) is 0 Å². The zero-order valence-electron chi connectivity index (χ0n) is 4.23. The minimum absolute atomic E-state index is 0.639. The van der Waals surface area contributed by atoms with Gasteiger partial charge in [0.25, 0.3) is 0 Å². The minimum Gasteiger partial charge on any atom is -0.308 e. The molecule has 38 valence electrons. The molecule has 0 aliphatic rings. The van der Waals surface area contributed by atoms with Gasteiger partial charge in [-0.05, 0) is 6.92 Å². The summed E-state index contributed by atoms with van der Waals surface area (Å²) in [7, 11) is 0. The van der Waals surface area contributed by atoms with Crippen LogP contribution in [0.3, 0.4) is 0 Å². The molecule has 0 rings (SSSR count). The van der Waals surface area contributed by atoms with Crippen molar-refractivity contribution in [3.05, 3.63) is 11.6 Å². The zero-order valence-corrected chi connectivity index (χ0v) is 4.23. The van der Waals surface area contributed by atoms with Crippen LogP contribution in [0.15, 0.2) is 11.6 Å². The Morgan fingerprint density at radius 3 is 1.71 bits per heavy atom. The first-order valence-corrected chi connectivity index (χ1v) is 2.02. The van der Waals surface area contributed by atoms with Crippen molar-refractivity contribution in [2.45, 2.75) is 6.92 Å². The van der Waals surface area contributed by atoms with Gasteiger partial charge in [0, 0.05) is 18.0 Å². The number of rotatable bonds is 2. The second-order valence-corrected chi connectivity index (χ2v) is 1.08. The van der Waals surface area contributed by atoms with E-state index >= 15 is 0 Å². The van der Waals surface area contributed by atoms with Crippen LogP contribution in [-0.4, -0.2) is 12.4 Å². The van der Waals surface area contributed by atoms with E-state index in [1.807, 2.05) is 0 Å². The molecule has 0 aliphatic carbocycles. The molecule has 0 fully saturated rings. The van der Waals surface area contributed by atoms with Crippen LogP contribution in [0.4, 0.5) is 0 Å². The molecular formula is C5H8N2. The van der Waals surface area contributed by atoms with E-state index in [-0.39, 0.29) is 0 Å². The van der Waals surface area contributed by atoms with E-state index in [4.69, 9.17) is 10.8 Å². The highest BCUT2D eigenvalue weighted by atomic mass is 14.4. The van der Waals surface area contributed by atoms with Crippen LogP contribution in [0.1, 0.15) is 6.92 Å². The molecule has 0 radical (unpaired) electrons. The molecule has 0 aliphatic heterocycles. The summed E-state index contributed by atoms with van der Waals surface area (Å²) in [5.41, 5.74) is 0.639. The van der Waals surface area contributed by atoms with Gasteiger partial charge in [-0.2, -0.15) is 0 Å². The average molecular weight is 96.1 g/mol. The summed E-state index contributed by atoms with van der Waals surface area (Å²) in [4.78, 5) is 0. The summed E-state index contributed by atoms with van der Waals surface area (Å²) >= 11 is 0. The van der Waals surface area contributed by atoms with Gasteiger partial charge in [0.2, 0.25) is 0 Å². The Morgan fingerprint density at radius 1 is 1.29 bits per heavy atom. The van der Waals surface area contributed by atoms with E-state index in [9.17, 15) is 0 Å². The van der Waals surface area contributed by atoms with Crippen LogP contribution in [0.5, 0.6) is 0 Å². The molecule has 0 heterocycles. The quantitative estimate of drug-likeness (QED) is 0.486. The van der Waals surface area contributed by atoms with Gasteiger partial charge in [0.05, 0.1) is 0 Å². The van der Waals surface area contributed by atoms with Crippen LogP contribution in [0.2, 0.25) is 0 Å². The van der Waals surface area contributed by atoms with Gasteiger partial charge < -0.3 is 10.8 Å². The van der Waals surface area contributed by atoms with Crippen LogP contribution in [-0.2, 0) is 0 Å². The van der Waals surface area contributed by atoms with Crippen molar-refractivity contribution < 1.29 is 0 Å². The smallest absolute Gasteiger partial charge is 0.0262 e. The minimum atomic E-state index is 0.639. The fourth-order valence-electron chi connectivity index (χ4n) is 0.208. The van der Waals surface area contributed by atoms with Gasteiger partial charge in [0.15, 0.2) is 0 Å². The monoisotopic (exact) mass is 96.1 g/mol. The normalized spacial score (nSPS) is 7.00. The Hall–Kier alpha value is -0.920. The highest BCUT2D eigenvalue weighted by Crippen LogP contribution is 1.78. The van der Waals surface area contributed by atoms with E-state index < -0.39 is 0 Å². The maximum Gasteiger partial charge on any atom is 0.0262 e. The highest BCUT2D eigenvalue weighted by molar-refractivity contribution is 6.01. The van der Waals surface area contributed by atoms with Crippen molar-refractivity contribution >= 4 is 12.4 Å². The van der Waals surface area contributed by atoms with Crippen molar-refractivity contribution in [2.75, 3.05) is 0 Å². The Bertz CT molecular complexity index is 92.6. The Labute approximate surface area is 42.9 Å². The Morgan fingerprint density at radius 2 is 1.71 bits per heavy atom. The Balaban J connectivity index is 3.85. The van der Waals surface area contributed by atoms with Crippen molar-refractivity contribution in [3.63, 3.8) is 0 Å². The second-order valence-electron chi connectivity index (χ2n) is 1.08. The molecule has 0 atom stereocenters. The molecule has 2 nitrogen and oxygen atoms in total. The van der Waals surface area contributed by atoms with Crippen molar-refractivity contribution in [1.29, 1.82) is 10.8 Å². The fourth-order valence-corrected chi connectivity index (χ4v) is 0.208. The number of nitrogens with one attached hydrogen (secondary N) is 2. The third-order valence-corrected chi connectivity index (χ3v) is 0.667. The molecule has 2 N–H and O–H groups in total. The van der Waals surface area contributed by atoms with Crippen molar-refractivity contribution in [3.8, 4) is 0 Å². The summed E-state index contributed by atoms with van der Waals surface area (Å²) in [5.74, 6) is 0. The predicted octanol–water partition coefficient (Wildman–Crippen LogP) is 1.23. The van der Waals surface area contributed by atoms with Crippen molar-refractivity contribution in [2.24, 2.45) is 0 Å². The van der Waals surface area contributed by atoms with Crippen LogP contribution >= 0.6 is 0 Å². The second kappa shape index (κ2) is 3.28. The maximum absolute atomic E-state index is 6.62. The van der Waals surface area contributed by atoms with E-state index in [0.29, 0.717) is 5.57 Å². The van der Waals surface area contributed by atoms with Crippen LogP contribution < -0.4 is 0 Å². The first kappa shape index (κ1) is 6.08. The van der Waals surface area contributed by atoms with E-state index in [1.165, 1.54) is 0 Å². The number of hydrogen-bond donors (Lipinski definition) is 2. The fraction of sp³-hybridized carbons (Fsp3) is 0.200. The Kier molecular flexibility index (Phi) is 2.85. The highest BCUT2D eigenvalue weighted by Gasteiger charge is 1.75. The SMILES string of the molecule is CC=C(C=N)C=N. The van der Waals surface area contributed by atoms with E-state index in [1.54, 1.807) is 13.0 Å². The molecular weight excluding hydrogens is 88.1 g/mol. The molecule has 0 amide bonds. The summed E-state index contributed by atoms with van der Waals surface area (Å²) < 4.78 is 0. The molecule has 2 heteroatoms. The van der Waals surface area contributed by atoms with E-state index in [0.717, 1.165) is 12.4 Å². The zero-order chi connectivity index (χ0) is 5.70. The first-order valence-electron chi connectivity index (χ1n) is 2.02. The molecule has 0 unspecified atom stereocenters. The molecule has 0 spiro atoms. The standard InChI is InChI=1S/C5H8N2/c1-2-5(3-6)4-7/h2-4,6-7H,1H3. The van der Waals surface area contributed by atoms with Gasteiger partial charge in [0.1, 0.15) is 0 Å². The molecule has 0 aromatic rings. The van der Waals surface area contributed by atoms with Gasteiger partial charge in [-0.25, -0.2) is 0 Å². The van der Waals surface area contributed by atoms with Gasteiger partial charge in [-0.3, -0.25) is 0 Å². The lowest BCUT2D eigenvalue weighted by Crippen LogP contribution is -1.79. The first-order chi connectivity index (χ1) is 3.35. The van der Waals surface area contributed by atoms with Crippen LogP contribution in [0, 0.1) is 10.8 Å². The predicted molar refractivity (Wildman–Crippen MR) is 31.3 cm³/mol. The molecule has 0 bridgehead atoms. The lowest BCUT2D eigenvalue weighted by Gasteiger charge is -1.79. The van der Waals surface area contributed by atoms with Crippen molar-refractivity contribution in [1.82, 2.24) is 0 Å². The lowest BCUT2D eigenvalue weighted by molar-refractivity contribution is 1.52. The summed E-state index contributed by atoms with van der Waals surface area (Å²) in [5, 5.41) is 13.2. The molecule has 0 aromatic heterocycles. The number of hydrogen-bond acceptors (Lipinski definition) is 2. The molecule has 0 aromatic carbocycles. The maximum atomic E-state index is 6.62. The lowest BCUT2D eigenvalue weighted by atomic mass is 10.3. The summed E-state index contributed by atoms with van der Waals surface area (Å²) in [6, 6.07) is 0. The summed E-state index contributed by atoms with van der Waals surface area (Å²) in [6.45, 7) is 1.80. The third kappa shape index (κ3) is 1.87. The number of allylic oxidation sites excluding steroid dienone is 2. The van der Waals surface area contributed by atoms with Gasteiger partial charge in [-0.15, -0.1) is 0 Å². The average Bonchev–Trinajstić information content (AvgIpc) is 1.72. The molecule has 0 saturated heterocycles. The molecule has 7 heavy (non-hydrogen) atoms. The third-order valence-electron chi connectivity index (χ3n) is 0.667. The topological polar surface area (TPSA) is 47.7 Å². The summed E-state index contributed by atoms with van der Waals surface area (Å²) in [6.07, 6.45) is 4.00. The van der Waals surface area contributed by atoms with Gasteiger partial charge >= 0.3 is 0 Å². The largest absolute Gasteiger partial charge is 0.308 e. The van der Waals surface area contributed by atoms with E-state index in [2.05, 4.69) is 0 Å². The molecule has 0 saturated carbocycles.